The van der Waals surface area contributed by atoms with Gasteiger partial charge in [-0.15, -0.1) is 0 Å². The van der Waals surface area contributed by atoms with E-state index in [-0.39, 0.29) is 42.6 Å². The van der Waals surface area contributed by atoms with Crippen LogP contribution in [0.2, 0.25) is 0 Å². The maximum Gasteiger partial charge on any atom is 0.303 e. The van der Waals surface area contributed by atoms with E-state index in [1.165, 1.54) is 13.8 Å². The third-order valence-corrected chi connectivity index (χ3v) is 10.2. The van der Waals surface area contributed by atoms with E-state index in [4.69, 9.17) is 4.74 Å². The van der Waals surface area contributed by atoms with Gasteiger partial charge in [0.25, 0.3) is 0 Å². The zero-order valence-electron chi connectivity index (χ0n) is 22.4. The Morgan fingerprint density at radius 3 is 2.19 bits per heavy atom. The number of rotatable bonds is 5. The van der Waals surface area contributed by atoms with Crippen LogP contribution in [0.1, 0.15) is 86.5 Å². The molecule has 0 aromatic rings. The molecule has 37 heavy (non-hydrogen) atoms. The Labute approximate surface area is 216 Å². The number of ether oxygens (including phenoxy) is 1. The Hall–Kier alpha value is -2.68. The van der Waals surface area contributed by atoms with Crippen molar-refractivity contribution in [3.05, 3.63) is 11.1 Å². The highest BCUT2D eigenvalue weighted by atomic mass is 16.6. The number of aliphatic carboxylic acids is 1. The van der Waals surface area contributed by atoms with E-state index in [1.54, 1.807) is 13.8 Å². The molecule has 2 N–H and O–H groups in total. The number of esters is 1. The maximum absolute atomic E-state index is 14.1. The molecule has 9 nitrogen and oxygen atoms in total. The fourth-order valence-corrected chi connectivity index (χ4v) is 8.18. The summed E-state index contributed by atoms with van der Waals surface area (Å²) in [5, 5.41) is 20.6. The first-order chi connectivity index (χ1) is 16.9. The van der Waals surface area contributed by atoms with Gasteiger partial charge < -0.3 is 14.9 Å². The summed E-state index contributed by atoms with van der Waals surface area (Å²) in [6.45, 7) is 9.52. The standard InChI is InChI=1S/C28H36O9/c1-14(29)37-28-13-16(31)22-23(15(30)11-17-24(2,3)19(32)7-9-25(17,22)4)27(28,6)20(33)12-18(28)26(5,36)10-8-21(34)35/h17-18,36H,7-13H2,1-6H3,(H,34,35)/t17-,18+,25-,26+,27-,28-/m0/s1. The van der Waals surface area contributed by atoms with E-state index in [1.807, 2.05) is 6.92 Å². The first-order valence-electron chi connectivity index (χ1n) is 12.9. The van der Waals surface area contributed by atoms with Gasteiger partial charge in [-0.25, -0.2) is 0 Å². The van der Waals surface area contributed by atoms with E-state index in [0.717, 1.165) is 6.92 Å². The number of carboxylic acids is 1. The lowest BCUT2D eigenvalue weighted by molar-refractivity contribution is -0.196. The van der Waals surface area contributed by atoms with Crippen LogP contribution in [0.4, 0.5) is 0 Å². The zero-order chi connectivity index (χ0) is 27.9. The Morgan fingerprint density at radius 2 is 1.62 bits per heavy atom. The fraction of sp³-hybridized carbons (Fsp3) is 0.714. The molecule has 4 aliphatic carbocycles. The highest BCUT2D eigenvalue weighted by Crippen LogP contribution is 2.68. The molecule has 0 saturated heterocycles. The average molecular weight is 517 g/mol. The quantitative estimate of drug-likeness (QED) is 0.525. The van der Waals surface area contributed by atoms with Crippen molar-refractivity contribution in [2.24, 2.45) is 28.1 Å². The van der Waals surface area contributed by atoms with Crippen molar-refractivity contribution in [2.75, 3.05) is 0 Å². The summed E-state index contributed by atoms with van der Waals surface area (Å²) in [7, 11) is 0. The Balaban J connectivity index is 1.97. The van der Waals surface area contributed by atoms with Gasteiger partial charge in [0, 0.05) is 60.5 Å². The second-order valence-corrected chi connectivity index (χ2v) is 12.6. The molecule has 0 aliphatic heterocycles. The number of Topliss-reactive ketones (excluding diaryl/α,β-unsaturated/α-hetero) is 4. The molecule has 0 unspecified atom stereocenters. The second-order valence-electron chi connectivity index (χ2n) is 12.6. The van der Waals surface area contributed by atoms with Gasteiger partial charge in [-0.3, -0.25) is 28.8 Å². The number of aliphatic hydroxyl groups is 1. The van der Waals surface area contributed by atoms with E-state index < -0.39 is 81.4 Å². The number of allylic oxidation sites excluding steroid dienone is 1. The molecular formula is C28H36O9. The molecule has 9 heteroatoms. The number of fused-ring (bicyclic) bond motifs is 4. The number of carbonyl (C=O) groups excluding carboxylic acids is 5. The van der Waals surface area contributed by atoms with Gasteiger partial charge in [0.05, 0.1) is 17.4 Å². The Morgan fingerprint density at radius 1 is 1.00 bits per heavy atom. The number of ketones is 4. The zero-order valence-corrected chi connectivity index (χ0v) is 22.4. The van der Waals surface area contributed by atoms with Crippen LogP contribution in [0.3, 0.4) is 0 Å². The lowest BCUT2D eigenvalue weighted by Crippen LogP contribution is -2.65. The van der Waals surface area contributed by atoms with Crippen LogP contribution in [-0.2, 0) is 33.5 Å². The summed E-state index contributed by atoms with van der Waals surface area (Å²) in [4.78, 5) is 78.4. The summed E-state index contributed by atoms with van der Waals surface area (Å²) in [5.74, 6) is -4.70. The van der Waals surface area contributed by atoms with Crippen LogP contribution >= 0.6 is 0 Å². The first kappa shape index (κ1) is 27.4. The molecule has 202 valence electrons. The molecule has 0 spiro atoms. The van der Waals surface area contributed by atoms with Gasteiger partial charge in [-0.2, -0.15) is 0 Å². The number of hydrogen-bond donors (Lipinski definition) is 2. The number of hydrogen-bond acceptors (Lipinski definition) is 8. The predicted molar refractivity (Wildman–Crippen MR) is 129 cm³/mol. The lowest BCUT2D eigenvalue weighted by atomic mass is 9.44. The number of carboxylic acid groups (broad SMARTS) is 1. The van der Waals surface area contributed by atoms with Crippen molar-refractivity contribution in [1.29, 1.82) is 0 Å². The van der Waals surface area contributed by atoms with E-state index >= 15 is 0 Å². The summed E-state index contributed by atoms with van der Waals surface area (Å²) in [6.07, 6.45) is -0.742. The second kappa shape index (κ2) is 8.16. The molecule has 0 amide bonds. The van der Waals surface area contributed by atoms with Crippen LogP contribution in [0.5, 0.6) is 0 Å². The van der Waals surface area contributed by atoms with Crippen molar-refractivity contribution in [2.45, 2.75) is 97.7 Å². The molecule has 0 aromatic heterocycles. The van der Waals surface area contributed by atoms with Gasteiger partial charge in [0.2, 0.25) is 0 Å². The molecule has 0 radical (unpaired) electrons. The van der Waals surface area contributed by atoms with E-state index in [9.17, 15) is 39.0 Å². The predicted octanol–water partition coefficient (Wildman–Crippen LogP) is 2.75. The van der Waals surface area contributed by atoms with Gasteiger partial charge in [0.1, 0.15) is 17.2 Å². The summed E-state index contributed by atoms with van der Waals surface area (Å²) >= 11 is 0. The minimum atomic E-state index is -1.84. The largest absolute Gasteiger partial charge is 0.481 e. The van der Waals surface area contributed by atoms with Crippen LogP contribution < -0.4 is 0 Å². The van der Waals surface area contributed by atoms with Crippen LogP contribution in [-0.4, -0.2) is 56.5 Å². The molecule has 0 heterocycles. The highest BCUT2D eigenvalue weighted by molar-refractivity contribution is 6.17. The van der Waals surface area contributed by atoms with Gasteiger partial charge in [-0.1, -0.05) is 20.8 Å². The van der Waals surface area contributed by atoms with Crippen LogP contribution in [0.15, 0.2) is 11.1 Å². The average Bonchev–Trinajstić information content (AvgIpc) is 2.99. The van der Waals surface area contributed by atoms with Crippen molar-refractivity contribution in [1.82, 2.24) is 0 Å². The summed E-state index contributed by atoms with van der Waals surface area (Å²) in [6, 6.07) is 0. The minimum Gasteiger partial charge on any atom is -0.481 e. The van der Waals surface area contributed by atoms with Crippen LogP contribution in [0.25, 0.3) is 0 Å². The molecule has 0 aromatic carbocycles. The lowest BCUT2D eigenvalue weighted by Gasteiger charge is -2.58. The minimum absolute atomic E-state index is 0.0273. The normalized spacial score (nSPS) is 38.5. The highest BCUT2D eigenvalue weighted by Gasteiger charge is 2.75. The van der Waals surface area contributed by atoms with Gasteiger partial charge >= 0.3 is 11.9 Å². The molecular weight excluding hydrogens is 480 g/mol. The maximum atomic E-state index is 14.1. The first-order valence-corrected chi connectivity index (χ1v) is 12.9. The van der Waals surface area contributed by atoms with Crippen LogP contribution in [0, 0.1) is 28.1 Å². The van der Waals surface area contributed by atoms with Crippen molar-refractivity contribution in [3.8, 4) is 0 Å². The molecule has 4 aliphatic rings. The monoisotopic (exact) mass is 516 g/mol. The smallest absolute Gasteiger partial charge is 0.303 e. The van der Waals surface area contributed by atoms with Gasteiger partial charge in [0.15, 0.2) is 11.6 Å². The molecule has 0 bridgehead atoms. The Kier molecular flexibility index (Phi) is 6.03. The third-order valence-electron chi connectivity index (χ3n) is 10.2. The number of carbonyl (C=O) groups is 6. The Bertz CT molecular complexity index is 1170. The summed E-state index contributed by atoms with van der Waals surface area (Å²) in [5.41, 5.74) is -6.69. The molecule has 6 atom stereocenters. The SMILES string of the molecule is CC(=O)O[C@]12CC(=O)C3=C(C(=O)C[C@H]4C(C)(C)C(=O)CC[C@]34C)[C@]1(C)C(=O)C[C@@H]2[C@](C)(O)CCC(=O)O. The fourth-order valence-electron chi connectivity index (χ4n) is 8.18. The molecule has 2 saturated carbocycles. The van der Waals surface area contributed by atoms with Crippen molar-refractivity contribution >= 4 is 35.1 Å². The van der Waals surface area contributed by atoms with E-state index in [2.05, 4.69) is 0 Å². The molecule has 2 fully saturated rings. The third kappa shape index (κ3) is 3.52. The van der Waals surface area contributed by atoms with E-state index in [0.29, 0.717) is 6.42 Å². The van der Waals surface area contributed by atoms with Gasteiger partial charge in [-0.05, 0) is 32.6 Å². The summed E-state index contributed by atoms with van der Waals surface area (Å²) < 4.78 is 5.85. The van der Waals surface area contributed by atoms with Crippen molar-refractivity contribution in [3.63, 3.8) is 0 Å². The molecule has 4 rings (SSSR count). The van der Waals surface area contributed by atoms with Crippen molar-refractivity contribution < 1.29 is 43.7 Å². The topological polar surface area (TPSA) is 152 Å².